The Kier molecular flexibility index (Phi) is 8.58. The molecule has 0 saturated carbocycles. The molecule has 0 saturated heterocycles. The molecule has 3 rings (SSSR count). The van der Waals surface area contributed by atoms with Gasteiger partial charge in [-0.1, -0.05) is 105 Å². The lowest BCUT2D eigenvalue weighted by Crippen LogP contribution is -2.52. The van der Waals surface area contributed by atoms with Gasteiger partial charge >= 0.3 is 15.6 Å². The summed E-state index contributed by atoms with van der Waals surface area (Å²) in [6.45, 7) is 5.88. The van der Waals surface area contributed by atoms with Crippen LogP contribution in [0.25, 0.3) is 0 Å². The maximum Gasteiger partial charge on any atom is 0.522 e. The summed E-state index contributed by atoms with van der Waals surface area (Å²) >= 11 is 0. The number of hydrogen-bond acceptors (Lipinski definition) is 3. The average Bonchev–Trinajstić information content (AvgIpc) is 2.77. The van der Waals surface area contributed by atoms with Crippen molar-refractivity contribution in [3.05, 3.63) is 89.5 Å². The first kappa shape index (κ1) is 26.8. The van der Waals surface area contributed by atoms with Crippen LogP contribution in [0.1, 0.15) is 16.7 Å². The van der Waals surface area contributed by atoms with Crippen LogP contribution in [0.15, 0.2) is 72.8 Å². The maximum atomic E-state index is 13.1. The number of benzene rings is 3. The Morgan fingerprint density at radius 3 is 1.18 bits per heavy atom. The number of halogens is 3. The fourth-order valence-corrected chi connectivity index (χ4v) is 12.9. The van der Waals surface area contributed by atoms with Crippen LogP contribution in [-0.4, -0.2) is 52.2 Å². The first-order valence-corrected chi connectivity index (χ1v) is 15.5. The van der Waals surface area contributed by atoms with E-state index in [0.29, 0.717) is 0 Å². The standard InChI is InChI=1S/C23H21F3O3SSi4/c1-16-4-10-19(11-5-16)31-23(32-20-12-6-17(2)7-13-20,33-21-14-8-18(3)9-15-21)34-29-30(27,28)22(24,25)26/h4-15H,1-3H3. The first-order valence-electron chi connectivity index (χ1n) is 10.2. The van der Waals surface area contributed by atoms with Crippen molar-refractivity contribution in [3.63, 3.8) is 0 Å². The molecule has 3 aromatic carbocycles. The Labute approximate surface area is 208 Å². The van der Waals surface area contributed by atoms with Crippen molar-refractivity contribution in [2.75, 3.05) is 0 Å². The zero-order valence-electron chi connectivity index (χ0n) is 18.7. The Bertz CT molecular complexity index is 1080. The van der Waals surface area contributed by atoms with Gasteiger partial charge in [0.1, 0.15) is 0 Å². The quantitative estimate of drug-likeness (QED) is 0.306. The summed E-state index contributed by atoms with van der Waals surface area (Å²) in [5.41, 5.74) is -2.25. The molecule has 11 heteroatoms. The lowest BCUT2D eigenvalue weighted by molar-refractivity contribution is -0.0499. The van der Waals surface area contributed by atoms with Crippen LogP contribution in [0.5, 0.6) is 0 Å². The lowest BCUT2D eigenvalue weighted by Gasteiger charge is -2.31. The van der Waals surface area contributed by atoms with E-state index in [1.54, 1.807) is 0 Å². The smallest absolute Gasteiger partial charge is 0.310 e. The van der Waals surface area contributed by atoms with Gasteiger partial charge in [-0.25, -0.2) is 0 Å². The number of aryl methyl sites for hydroxylation is 3. The molecular weight excluding hydrogens is 526 g/mol. The van der Waals surface area contributed by atoms with Crippen LogP contribution in [0.4, 0.5) is 13.2 Å². The van der Waals surface area contributed by atoms with Gasteiger partial charge in [-0.15, -0.1) is 0 Å². The van der Waals surface area contributed by atoms with Crippen molar-refractivity contribution in [2.45, 2.75) is 30.2 Å². The fourth-order valence-electron chi connectivity index (χ4n) is 2.90. The van der Waals surface area contributed by atoms with Crippen molar-refractivity contribution >= 4 is 64.0 Å². The highest BCUT2D eigenvalue weighted by Crippen LogP contribution is 2.28. The van der Waals surface area contributed by atoms with Crippen LogP contribution < -0.4 is 15.6 Å². The number of hydrogen-bond donors (Lipinski definition) is 0. The van der Waals surface area contributed by atoms with Gasteiger partial charge in [0.15, 0.2) is 0 Å². The summed E-state index contributed by atoms with van der Waals surface area (Å²) in [5, 5.41) is 2.85. The zero-order valence-corrected chi connectivity index (χ0v) is 23.5. The highest BCUT2D eigenvalue weighted by molar-refractivity contribution is 7.88. The Morgan fingerprint density at radius 1 is 0.618 bits per heavy atom. The van der Waals surface area contributed by atoms with E-state index in [1.807, 2.05) is 93.6 Å². The van der Waals surface area contributed by atoms with Crippen molar-refractivity contribution in [3.8, 4) is 0 Å². The molecule has 8 radical (unpaired) electrons. The third-order valence-electron chi connectivity index (χ3n) is 4.74. The van der Waals surface area contributed by atoms with E-state index in [-0.39, 0.29) is 28.6 Å². The van der Waals surface area contributed by atoms with Crippen molar-refractivity contribution in [2.24, 2.45) is 0 Å². The summed E-state index contributed by atoms with van der Waals surface area (Å²) in [4.78, 5) is 0. The van der Waals surface area contributed by atoms with Gasteiger partial charge in [-0.3, -0.25) is 0 Å². The molecule has 0 N–H and O–H groups in total. The van der Waals surface area contributed by atoms with Crippen LogP contribution in [0.3, 0.4) is 0 Å². The second-order valence-corrected chi connectivity index (χ2v) is 18.5. The van der Waals surface area contributed by atoms with Crippen LogP contribution in [0.2, 0.25) is 3.91 Å². The summed E-state index contributed by atoms with van der Waals surface area (Å²) in [5.74, 6) is 0. The Balaban J connectivity index is 2.05. The minimum Gasteiger partial charge on any atom is -0.310 e. The predicted octanol–water partition coefficient (Wildman–Crippen LogP) is 2.52. The summed E-state index contributed by atoms with van der Waals surface area (Å²) < 4.78 is 67.0. The number of rotatable bonds is 9. The summed E-state index contributed by atoms with van der Waals surface area (Å²) in [6, 6.07) is 23.4. The van der Waals surface area contributed by atoms with E-state index < -0.39 is 29.3 Å². The Hall–Kier alpha value is -1.77. The van der Waals surface area contributed by atoms with Crippen molar-refractivity contribution in [1.29, 1.82) is 0 Å². The number of alkyl halides is 3. The van der Waals surface area contributed by atoms with E-state index in [1.165, 1.54) is 0 Å². The molecule has 0 aliphatic carbocycles. The first-order chi connectivity index (χ1) is 15.9. The largest absolute Gasteiger partial charge is 0.522 e. The van der Waals surface area contributed by atoms with E-state index in [4.69, 9.17) is 3.87 Å². The van der Waals surface area contributed by atoms with E-state index in [9.17, 15) is 21.6 Å². The van der Waals surface area contributed by atoms with Crippen molar-refractivity contribution < 1.29 is 25.5 Å². The maximum absolute atomic E-state index is 13.1. The predicted molar refractivity (Wildman–Crippen MR) is 134 cm³/mol. The third-order valence-corrected chi connectivity index (χ3v) is 14.1. The third kappa shape index (κ3) is 7.36. The summed E-state index contributed by atoms with van der Waals surface area (Å²) in [7, 11) is -6.41. The molecule has 0 heterocycles. The van der Waals surface area contributed by atoms with Crippen LogP contribution in [0, 0.1) is 20.8 Å². The fraction of sp³-hybridized carbons (Fsp3) is 0.217. The van der Waals surface area contributed by atoms with Crippen LogP contribution >= 0.6 is 0 Å². The minimum absolute atomic E-state index is 0.0574. The second-order valence-electron chi connectivity index (χ2n) is 7.81. The van der Waals surface area contributed by atoms with E-state index in [0.717, 1.165) is 32.3 Å². The molecule has 0 aliphatic heterocycles. The van der Waals surface area contributed by atoms with Gasteiger partial charge in [0.25, 0.3) is 9.76 Å². The monoisotopic (exact) mass is 546 g/mol. The van der Waals surface area contributed by atoms with Crippen molar-refractivity contribution in [1.82, 2.24) is 0 Å². The van der Waals surface area contributed by atoms with Gasteiger partial charge < -0.3 is 3.87 Å². The molecule has 0 bridgehead atoms. The minimum atomic E-state index is -5.70. The molecule has 0 aliphatic rings. The molecule has 3 nitrogen and oxygen atoms in total. The van der Waals surface area contributed by atoms with E-state index >= 15 is 0 Å². The van der Waals surface area contributed by atoms with Gasteiger partial charge in [0.05, 0.1) is 28.6 Å². The highest BCUT2D eigenvalue weighted by Gasteiger charge is 2.49. The normalized spacial score (nSPS) is 12.6. The van der Waals surface area contributed by atoms with Gasteiger partial charge in [0, 0.05) is 0 Å². The average molecular weight is 547 g/mol. The molecule has 0 unspecified atom stereocenters. The van der Waals surface area contributed by atoms with Gasteiger partial charge in [-0.05, 0) is 24.7 Å². The molecule has 0 aromatic heterocycles. The van der Waals surface area contributed by atoms with Gasteiger partial charge in [-0.2, -0.15) is 21.6 Å². The lowest BCUT2D eigenvalue weighted by atomic mass is 10.2. The van der Waals surface area contributed by atoms with E-state index in [2.05, 4.69) is 0 Å². The zero-order chi connectivity index (χ0) is 25.0. The molecule has 0 fully saturated rings. The Morgan fingerprint density at radius 2 is 0.912 bits per heavy atom. The molecule has 174 valence electrons. The molecular formula is C23H21F3O3SSi4. The SMILES string of the molecule is Cc1ccc([Si]C([Si]OS(=O)(=O)C(F)(F)F)([Si]c2ccc(C)cc2)[Si]c2ccc(C)cc2)cc1. The molecule has 0 spiro atoms. The molecule has 0 atom stereocenters. The van der Waals surface area contributed by atoms with Crippen LogP contribution in [-0.2, 0) is 14.0 Å². The molecule has 0 amide bonds. The highest BCUT2D eigenvalue weighted by atomic mass is 32.2. The second kappa shape index (κ2) is 10.9. The topological polar surface area (TPSA) is 43.4 Å². The summed E-state index contributed by atoms with van der Waals surface area (Å²) in [6.07, 6.45) is 0. The van der Waals surface area contributed by atoms with Gasteiger partial charge in [0.2, 0.25) is 0 Å². The molecule has 34 heavy (non-hydrogen) atoms. The molecule has 3 aromatic rings.